The van der Waals surface area contributed by atoms with Crippen LogP contribution >= 0.6 is 0 Å². The van der Waals surface area contributed by atoms with Gasteiger partial charge in [0.25, 0.3) is 0 Å². The minimum absolute atomic E-state index is 0.400. The first-order valence-electron chi connectivity index (χ1n) is 15.2. The van der Waals surface area contributed by atoms with E-state index < -0.39 is 5.41 Å². The maximum absolute atomic E-state index is 5.35. The largest absolute Gasteiger partial charge is 0.252 e. The molecule has 9 rings (SSSR count). The standard InChI is InChI=1S/C42H28N2/c1-27-13-5-6-16-30(27)41-40(44-39(26-43-41)28-14-3-2-4-15-28)29-23-24-34-33-19-9-12-22-37(33)42(38(34)25-29)35-20-10-7-17-31(35)32-18-8-11-21-36(32)42/h2-26H,1H3. The van der Waals surface area contributed by atoms with Gasteiger partial charge in [-0.1, -0.05) is 140 Å². The average Bonchev–Trinajstić information content (AvgIpc) is 3.56. The molecule has 2 aliphatic carbocycles. The summed E-state index contributed by atoms with van der Waals surface area (Å²) in [6, 6.07) is 52.6. The summed E-state index contributed by atoms with van der Waals surface area (Å²) in [5.41, 5.74) is 17.2. The summed E-state index contributed by atoms with van der Waals surface area (Å²) in [5, 5.41) is 0. The molecule has 0 fully saturated rings. The summed E-state index contributed by atoms with van der Waals surface area (Å²) >= 11 is 0. The Morgan fingerprint density at radius 3 is 1.57 bits per heavy atom. The smallest absolute Gasteiger partial charge is 0.0972 e. The molecule has 2 aliphatic rings. The fraction of sp³-hybridized carbons (Fsp3) is 0.0476. The predicted molar refractivity (Wildman–Crippen MR) is 179 cm³/mol. The Morgan fingerprint density at radius 1 is 0.432 bits per heavy atom. The van der Waals surface area contributed by atoms with Crippen molar-refractivity contribution in [2.24, 2.45) is 0 Å². The van der Waals surface area contributed by atoms with Crippen LogP contribution in [0, 0.1) is 6.92 Å². The van der Waals surface area contributed by atoms with Gasteiger partial charge in [0.15, 0.2) is 0 Å². The van der Waals surface area contributed by atoms with E-state index in [2.05, 4.69) is 146 Å². The summed E-state index contributed by atoms with van der Waals surface area (Å²) in [6.45, 7) is 2.15. The monoisotopic (exact) mass is 560 g/mol. The van der Waals surface area contributed by atoms with Crippen LogP contribution in [0.25, 0.3) is 56.0 Å². The van der Waals surface area contributed by atoms with Crippen molar-refractivity contribution in [1.29, 1.82) is 0 Å². The summed E-state index contributed by atoms with van der Waals surface area (Å²) in [6.07, 6.45) is 1.91. The van der Waals surface area contributed by atoms with Crippen LogP contribution in [0.5, 0.6) is 0 Å². The number of aromatic nitrogens is 2. The number of nitrogens with zero attached hydrogens (tertiary/aromatic N) is 2. The molecule has 2 heteroatoms. The third kappa shape index (κ3) is 3.37. The number of rotatable bonds is 3. The van der Waals surface area contributed by atoms with E-state index in [4.69, 9.17) is 9.97 Å². The lowest BCUT2D eigenvalue weighted by atomic mass is 9.70. The van der Waals surface area contributed by atoms with Gasteiger partial charge in [-0.25, -0.2) is 4.98 Å². The number of fused-ring (bicyclic) bond motifs is 10. The van der Waals surface area contributed by atoms with E-state index in [9.17, 15) is 0 Å². The first kappa shape index (κ1) is 24.9. The van der Waals surface area contributed by atoms with Crippen molar-refractivity contribution in [2.45, 2.75) is 12.3 Å². The van der Waals surface area contributed by atoms with Crippen LogP contribution in [0.4, 0.5) is 0 Å². The molecule has 44 heavy (non-hydrogen) atoms. The van der Waals surface area contributed by atoms with Crippen LogP contribution < -0.4 is 0 Å². The molecular weight excluding hydrogens is 532 g/mol. The van der Waals surface area contributed by atoms with Crippen molar-refractivity contribution in [2.75, 3.05) is 0 Å². The van der Waals surface area contributed by atoms with Crippen LogP contribution in [0.15, 0.2) is 152 Å². The Labute approximate surface area is 257 Å². The second-order valence-corrected chi connectivity index (χ2v) is 11.8. The molecule has 0 aliphatic heterocycles. The normalized spacial score (nSPS) is 13.3. The van der Waals surface area contributed by atoms with Crippen LogP contribution in [-0.4, -0.2) is 9.97 Å². The molecule has 1 heterocycles. The summed E-state index contributed by atoms with van der Waals surface area (Å²) in [7, 11) is 0. The summed E-state index contributed by atoms with van der Waals surface area (Å²) in [4.78, 5) is 10.4. The first-order chi connectivity index (χ1) is 21.7. The van der Waals surface area contributed by atoms with Gasteiger partial charge < -0.3 is 0 Å². The van der Waals surface area contributed by atoms with Crippen LogP contribution in [0.3, 0.4) is 0 Å². The SMILES string of the molecule is Cc1ccccc1-c1ncc(-c2ccccc2)nc1-c1ccc2c(c1)C1(c3ccccc3-c3ccccc31)c1ccccc1-2. The zero-order valence-corrected chi connectivity index (χ0v) is 24.3. The lowest BCUT2D eigenvalue weighted by Gasteiger charge is -2.30. The van der Waals surface area contributed by atoms with E-state index in [1.807, 2.05) is 12.3 Å². The first-order valence-corrected chi connectivity index (χ1v) is 15.2. The van der Waals surface area contributed by atoms with Crippen molar-refractivity contribution >= 4 is 0 Å². The van der Waals surface area contributed by atoms with Gasteiger partial charge in [-0.3, -0.25) is 4.98 Å². The van der Waals surface area contributed by atoms with Gasteiger partial charge in [0.1, 0.15) is 0 Å². The molecule has 0 amide bonds. The zero-order chi connectivity index (χ0) is 29.3. The minimum atomic E-state index is -0.400. The van der Waals surface area contributed by atoms with E-state index in [1.165, 1.54) is 50.1 Å². The Morgan fingerprint density at radius 2 is 0.955 bits per heavy atom. The lowest BCUT2D eigenvalue weighted by molar-refractivity contribution is 0.794. The van der Waals surface area contributed by atoms with Gasteiger partial charge in [0.05, 0.1) is 28.7 Å². The fourth-order valence-electron chi connectivity index (χ4n) is 7.62. The van der Waals surface area contributed by atoms with Crippen LogP contribution in [0.1, 0.15) is 27.8 Å². The zero-order valence-electron chi connectivity index (χ0n) is 24.3. The molecule has 0 saturated carbocycles. The maximum Gasteiger partial charge on any atom is 0.0972 e. The number of benzene rings is 6. The highest BCUT2D eigenvalue weighted by Crippen LogP contribution is 2.63. The molecule has 0 bridgehead atoms. The van der Waals surface area contributed by atoms with Crippen molar-refractivity contribution in [1.82, 2.24) is 9.97 Å². The Kier molecular flexibility index (Phi) is 5.36. The second kappa shape index (κ2) is 9.45. The molecule has 0 radical (unpaired) electrons. The van der Waals surface area contributed by atoms with Crippen molar-refractivity contribution in [3.05, 3.63) is 180 Å². The quantitative estimate of drug-likeness (QED) is 0.215. The molecule has 1 aromatic heterocycles. The molecule has 0 atom stereocenters. The van der Waals surface area contributed by atoms with E-state index in [1.54, 1.807) is 0 Å². The van der Waals surface area contributed by atoms with Crippen molar-refractivity contribution < 1.29 is 0 Å². The minimum Gasteiger partial charge on any atom is -0.252 e. The van der Waals surface area contributed by atoms with Crippen LogP contribution in [-0.2, 0) is 5.41 Å². The molecule has 0 unspecified atom stereocenters. The highest BCUT2D eigenvalue weighted by atomic mass is 14.8. The highest BCUT2D eigenvalue weighted by Gasteiger charge is 2.51. The van der Waals surface area contributed by atoms with Gasteiger partial charge in [-0.2, -0.15) is 0 Å². The molecular formula is C42H28N2. The molecule has 1 spiro atoms. The van der Waals surface area contributed by atoms with Gasteiger partial charge in [-0.15, -0.1) is 0 Å². The van der Waals surface area contributed by atoms with Crippen molar-refractivity contribution in [3.8, 4) is 56.0 Å². The van der Waals surface area contributed by atoms with Gasteiger partial charge in [0.2, 0.25) is 0 Å². The average molecular weight is 561 g/mol. The van der Waals surface area contributed by atoms with Gasteiger partial charge in [-0.05, 0) is 63.1 Å². The third-order valence-electron chi connectivity index (χ3n) is 9.51. The number of aryl methyl sites for hydroxylation is 1. The van der Waals surface area contributed by atoms with E-state index in [0.717, 1.165) is 33.8 Å². The maximum atomic E-state index is 5.35. The van der Waals surface area contributed by atoms with E-state index in [-0.39, 0.29) is 0 Å². The predicted octanol–water partition coefficient (Wildman–Crippen LogP) is 10.1. The Hall–Kier alpha value is -5.60. The Balaban J connectivity index is 1.36. The lowest BCUT2D eigenvalue weighted by Crippen LogP contribution is -2.25. The second-order valence-electron chi connectivity index (χ2n) is 11.8. The fourth-order valence-corrected chi connectivity index (χ4v) is 7.62. The molecule has 6 aromatic carbocycles. The highest BCUT2D eigenvalue weighted by molar-refractivity contribution is 5.96. The molecule has 2 nitrogen and oxygen atoms in total. The molecule has 7 aromatic rings. The van der Waals surface area contributed by atoms with E-state index in [0.29, 0.717) is 0 Å². The van der Waals surface area contributed by atoms with Crippen LogP contribution in [0.2, 0.25) is 0 Å². The number of hydrogen-bond donors (Lipinski definition) is 0. The number of hydrogen-bond acceptors (Lipinski definition) is 2. The van der Waals surface area contributed by atoms with Crippen molar-refractivity contribution in [3.63, 3.8) is 0 Å². The van der Waals surface area contributed by atoms with E-state index >= 15 is 0 Å². The van der Waals surface area contributed by atoms with Gasteiger partial charge >= 0.3 is 0 Å². The third-order valence-corrected chi connectivity index (χ3v) is 9.51. The van der Waals surface area contributed by atoms with Gasteiger partial charge in [0, 0.05) is 16.7 Å². The topological polar surface area (TPSA) is 25.8 Å². The Bertz CT molecular complexity index is 2180. The molecule has 0 saturated heterocycles. The summed E-state index contributed by atoms with van der Waals surface area (Å²) < 4.78 is 0. The molecule has 206 valence electrons. The summed E-state index contributed by atoms with van der Waals surface area (Å²) in [5.74, 6) is 0. The molecule has 0 N–H and O–H groups in total.